The van der Waals surface area contributed by atoms with E-state index < -0.39 is 0 Å². The van der Waals surface area contributed by atoms with Crippen molar-refractivity contribution in [2.75, 3.05) is 5.75 Å². The lowest BCUT2D eigenvalue weighted by atomic mass is 10.2. The van der Waals surface area contributed by atoms with Crippen LogP contribution in [0.2, 0.25) is 5.02 Å². The van der Waals surface area contributed by atoms with Crippen molar-refractivity contribution in [1.29, 1.82) is 0 Å². The zero-order chi connectivity index (χ0) is 11.8. The Hall–Kier alpha value is -0.190. The number of imidazole rings is 1. The van der Waals surface area contributed by atoms with E-state index in [0.717, 1.165) is 26.4 Å². The first kappa shape index (κ1) is 11.9. The van der Waals surface area contributed by atoms with Crippen molar-refractivity contribution in [3.05, 3.63) is 27.5 Å². The molecule has 2 aromatic rings. The van der Waals surface area contributed by atoms with Crippen molar-refractivity contribution >= 4 is 50.3 Å². The second kappa shape index (κ2) is 4.82. The normalized spacial score (nSPS) is 20.9. The molecule has 0 amide bonds. The van der Waals surface area contributed by atoms with E-state index in [9.17, 15) is 0 Å². The van der Waals surface area contributed by atoms with Crippen molar-refractivity contribution in [2.24, 2.45) is 0 Å². The summed E-state index contributed by atoms with van der Waals surface area (Å²) in [6.45, 7) is 0. The summed E-state index contributed by atoms with van der Waals surface area (Å²) in [6.07, 6.45) is 3.85. The van der Waals surface area contributed by atoms with Crippen LogP contribution in [-0.4, -0.2) is 15.7 Å². The largest absolute Gasteiger partial charge is 0.341 e. The van der Waals surface area contributed by atoms with E-state index in [4.69, 9.17) is 16.6 Å². The van der Waals surface area contributed by atoms with Gasteiger partial charge in [-0.25, -0.2) is 4.98 Å². The van der Waals surface area contributed by atoms with Crippen LogP contribution in [0.5, 0.6) is 0 Å². The van der Waals surface area contributed by atoms with Crippen LogP contribution < -0.4 is 0 Å². The van der Waals surface area contributed by atoms with Gasteiger partial charge in [-0.1, -0.05) is 18.0 Å². The monoisotopic (exact) mass is 330 g/mol. The highest BCUT2D eigenvalue weighted by Gasteiger charge is 2.20. The topological polar surface area (TPSA) is 28.7 Å². The zero-order valence-electron chi connectivity index (χ0n) is 9.17. The third-order valence-corrected chi connectivity index (χ3v) is 5.22. The van der Waals surface area contributed by atoms with Crippen LogP contribution in [0.1, 0.15) is 30.3 Å². The number of halogens is 2. The summed E-state index contributed by atoms with van der Waals surface area (Å²) in [5.74, 6) is 2.33. The Bertz CT molecular complexity index is 549. The number of aromatic amines is 1. The quantitative estimate of drug-likeness (QED) is 0.802. The van der Waals surface area contributed by atoms with Crippen LogP contribution in [0.15, 0.2) is 16.6 Å². The third kappa shape index (κ3) is 2.35. The Morgan fingerprint density at radius 1 is 1.41 bits per heavy atom. The van der Waals surface area contributed by atoms with Gasteiger partial charge < -0.3 is 4.98 Å². The first-order valence-electron chi connectivity index (χ1n) is 5.70. The Kier molecular flexibility index (Phi) is 3.37. The molecule has 0 saturated carbocycles. The lowest BCUT2D eigenvalue weighted by molar-refractivity contribution is 0.668. The Balaban J connectivity index is 2.03. The van der Waals surface area contributed by atoms with Crippen molar-refractivity contribution in [3.8, 4) is 0 Å². The highest BCUT2D eigenvalue weighted by Crippen LogP contribution is 2.38. The van der Waals surface area contributed by atoms with Crippen LogP contribution in [0.4, 0.5) is 0 Å². The minimum atomic E-state index is 0.516. The zero-order valence-corrected chi connectivity index (χ0v) is 12.3. The molecular weight excluding hydrogens is 320 g/mol. The molecule has 5 heteroatoms. The molecule has 17 heavy (non-hydrogen) atoms. The van der Waals surface area contributed by atoms with Gasteiger partial charge in [0.2, 0.25) is 0 Å². The number of rotatable bonds is 1. The predicted octanol–water partition coefficient (Wildman–Crippen LogP) is 4.94. The summed E-state index contributed by atoms with van der Waals surface area (Å²) in [4.78, 5) is 8.10. The molecule has 0 bridgehead atoms. The molecule has 2 heterocycles. The molecule has 1 saturated heterocycles. The number of hydrogen-bond donors (Lipinski definition) is 1. The minimum absolute atomic E-state index is 0.516. The smallest absolute Gasteiger partial charge is 0.120 e. The van der Waals surface area contributed by atoms with Crippen molar-refractivity contribution in [3.63, 3.8) is 0 Å². The SMILES string of the molecule is Clc1cc(Br)c2nc(C3CCCCS3)[nH]c2c1. The first-order valence-corrected chi connectivity index (χ1v) is 7.92. The van der Waals surface area contributed by atoms with Gasteiger partial charge in [0.15, 0.2) is 0 Å². The molecule has 0 radical (unpaired) electrons. The second-order valence-electron chi connectivity index (χ2n) is 4.26. The van der Waals surface area contributed by atoms with Crippen LogP contribution in [0.25, 0.3) is 11.0 Å². The number of nitrogens with zero attached hydrogens (tertiary/aromatic N) is 1. The first-order chi connectivity index (χ1) is 8.24. The van der Waals surface area contributed by atoms with Crippen molar-refractivity contribution < 1.29 is 0 Å². The number of hydrogen-bond acceptors (Lipinski definition) is 2. The van der Waals surface area contributed by atoms with Crippen LogP contribution in [0, 0.1) is 0 Å². The van der Waals surface area contributed by atoms with Crippen LogP contribution in [-0.2, 0) is 0 Å². The van der Waals surface area contributed by atoms with E-state index in [-0.39, 0.29) is 0 Å². The number of aromatic nitrogens is 2. The fourth-order valence-electron chi connectivity index (χ4n) is 2.17. The molecule has 1 fully saturated rings. The molecule has 1 aromatic heterocycles. The molecule has 1 unspecified atom stereocenters. The van der Waals surface area contributed by atoms with E-state index in [1.54, 1.807) is 0 Å². The summed E-state index contributed by atoms with van der Waals surface area (Å²) in [5, 5.41) is 1.25. The van der Waals surface area contributed by atoms with Crippen molar-refractivity contribution in [1.82, 2.24) is 9.97 Å². The maximum absolute atomic E-state index is 6.04. The van der Waals surface area contributed by atoms with E-state index in [1.165, 1.54) is 25.0 Å². The molecule has 1 atom stereocenters. The molecule has 1 aliphatic heterocycles. The number of benzene rings is 1. The molecule has 0 spiro atoms. The van der Waals surface area contributed by atoms with Gasteiger partial charge in [0.1, 0.15) is 11.3 Å². The second-order valence-corrected chi connectivity index (χ2v) is 6.86. The number of H-pyrrole nitrogens is 1. The Morgan fingerprint density at radius 2 is 2.29 bits per heavy atom. The fraction of sp³-hybridized carbons (Fsp3) is 0.417. The maximum atomic E-state index is 6.04. The van der Waals surface area contributed by atoms with E-state index in [2.05, 4.69) is 20.9 Å². The third-order valence-electron chi connectivity index (χ3n) is 3.01. The summed E-state index contributed by atoms with van der Waals surface area (Å²) in [7, 11) is 0. The summed E-state index contributed by atoms with van der Waals surface area (Å²) in [5.41, 5.74) is 2.00. The molecule has 2 nitrogen and oxygen atoms in total. The van der Waals surface area contributed by atoms with Crippen LogP contribution in [0.3, 0.4) is 0 Å². The Morgan fingerprint density at radius 3 is 3.06 bits per heavy atom. The molecule has 90 valence electrons. The average Bonchev–Trinajstić information content (AvgIpc) is 2.74. The van der Waals surface area contributed by atoms with Gasteiger partial charge in [-0.3, -0.25) is 0 Å². The average molecular weight is 332 g/mol. The summed E-state index contributed by atoms with van der Waals surface area (Å²) in [6, 6.07) is 3.83. The lowest BCUT2D eigenvalue weighted by Gasteiger charge is -2.18. The fourth-order valence-corrected chi connectivity index (χ4v) is 4.33. The van der Waals surface area contributed by atoms with Gasteiger partial charge in [-0.15, -0.1) is 0 Å². The molecule has 1 aliphatic rings. The van der Waals surface area contributed by atoms with E-state index in [0.29, 0.717) is 5.25 Å². The maximum Gasteiger partial charge on any atom is 0.120 e. The highest BCUT2D eigenvalue weighted by atomic mass is 79.9. The van der Waals surface area contributed by atoms with Gasteiger partial charge in [0.05, 0.1) is 10.8 Å². The van der Waals surface area contributed by atoms with Gasteiger partial charge >= 0.3 is 0 Å². The predicted molar refractivity (Wildman–Crippen MR) is 77.9 cm³/mol. The van der Waals surface area contributed by atoms with Crippen LogP contribution >= 0.6 is 39.3 Å². The standard InChI is InChI=1S/C12H12BrClN2S/c13-8-5-7(14)6-9-11(8)16-12(15-9)10-3-1-2-4-17-10/h5-6,10H,1-4H2,(H,15,16). The molecule has 1 N–H and O–H groups in total. The molecule has 0 aliphatic carbocycles. The minimum Gasteiger partial charge on any atom is -0.341 e. The molecular formula is C12H12BrClN2S. The molecule has 1 aromatic carbocycles. The highest BCUT2D eigenvalue weighted by molar-refractivity contribution is 9.10. The van der Waals surface area contributed by atoms with Gasteiger partial charge in [0.25, 0.3) is 0 Å². The molecule has 3 rings (SSSR count). The number of fused-ring (bicyclic) bond motifs is 1. The number of nitrogens with one attached hydrogen (secondary N) is 1. The van der Waals surface area contributed by atoms with Gasteiger partial charge in [0, 0.05) is 9.50 Å². The lowest BCUT2D eigenvalue weighted by Crippen LogP contribution is -2.03. The Labute approximate surface area is 118 Å². The summed E-state index contributed by atoms with van der Waals surface area (Å²) >= 11 is 11.5. The number of thioether (sulfide) groups is 1. The van der Waals surface area contributed by atoms with E-state index >= 15 is 0 Å². The van der Waals surface area contributed by atoms with Crippen molar-refractivity contribution in [2.45, 2.75) is 24.5 Å². The van der Waals surface area contributed by atoms with Gasteiger partial charge in [-0.05, 0) is 46.7 Å². The van der Waals surface area contributed by atoms with Gasteiger partial charge in [-0.2, -0.15) is 11.8 Å². The van der Waals surface area contributed by atoms with E-state index in [1.807, 2.05) is 23.9 Å². The summed E-state index contributed by atoms with van der Waals surface area (Å²) < 4.78 is 0.961.